The van der Waals surface area contributed by atoms with Gasteiger partial charge in [-0.05, 0) is 86.5 Å². The number of benzene rings is 4. The van der Waals surface area contributed by atoms with Crippen molar-refractivity contribution < 1.29 is 21.6 Å². The number of aryl methyl sites for hydroxylation is 2. The molecule has 0 heterocycles. The maximum Gasteiger partial charge on any atom is 0.264 e. The Morgan fingerprint density at radius 1 is 0.800 bits per heavy atom. The van der Waals surface area contributed by atoms with E-state index in [0.29, 0.717) is 33.2 Å². The number of hydrogen-bond donors (Lipinski definition) is 2. The van der Waals surface area contributed by atoms with Gasteiger partial charge in [-0.2, -0.15) is 0 Å². The van der Waals surface area contributed by atoms with E-state index in [1.807, 2.05) is 13.0 Å². The number of anilines is 3. The summed E-state index contributed by atoms with van der Waals surface area (Å²) in [4.78, 5) is 13.1. The normalized spacial score (nSPS) is 11.6. The summed E-state index contributed by atoms with van der Waals surface area (Å²) >= 11 is 6.10. The Morgan fingerprint density at radius 2 is 1.48 bits per heavy atom. The molecule has 4 aromatic carbocycles. The second-order valence-corrected chi connectivity index (χ2v) is 13.2. The lowest BCUT2D eigenvalue weighted by molar-refractivity contribution is -0.114. The monoisotopic (exact) mass is 597 g/mol. The highest BCUT2D eigenvalue weighted by Gasteiger charge is 2.28. The minimum Gasteiger partial charge on any atom is -0.325 e. The lowest BCUT2D eigenvalue weighted by atomic mass is 10.1. The van der Waals surface area contributed by atoms with Gasteiger partial charge in [-0.15, -0.1) is 0 Å². The summed E-state index contributed by atoms with van der Waals surface area (Å²) in [6.07, 6.45) is 0. The number of nitrogens with one attached hydrogen (secondary N) is 2. The van der Waals surface area contributed by atoms with Crippen molar-refractivity contribution in [3.63, 3.8) is 0 Å². The van der Waals surface area contributed by atoms with E-state index in [1.165, 1.54) is 36.4 Å². The van der Waals surface area contributed by atoms with Crippen LogP contribution in [0.5, 0.6) is 0 Å². The average molecular weight is 598 g/mol. The van der Waals surface area contributed by atoms with Gasteiger partial charge < -0.3 is 5.32 Å². The number of amides is 1. The molecule has 4 rings (SSSR count). The van der Waals surface area contributed by atoms with Gasteiger partial charge >= 0.3 is 0 Å². The third kappa shape index (κ3) is 6.47. The number of sulfonamides is 2. The van der Waals surface area contributed by atoms with Gasteiger partial charge in [-0.3, -0.25) is 13.8 Å². The predicted molar refractivity (Wildman–Crippen MR) is 159 cm³/mol. The van der Waals surface area contributed by atoms with Gasteiger partial charge in [0.25, 0.3) is 20.0 Å². The Bertz CT molecular complexity index is 1760. The first-order chi connectivity index (χ1) is 18.9. The smallest absolute Gasteiger partial charge is 0.264 e. The molecule has 11 heteroatoms. The largest absolute Gasteiger partial charge is 0.325 e. The lowest BCUT2D eigenvalue weighted by Gasteiger charge is -2.26. The Morgan fingerprint density at radius 3 is 2.12 bits per heavy atom. The first-order valence-electron chi connectivity index (χ1n) is 12.2. The van der Waals surface area contributed by atoms with Crippen LogP contribution >= 0.6 is 11.6 Å². The van der Waals surface area contributed by atoms with Crippen LogP contribution in [0, 0.1) is 20.8 Å². The molecule has 0 aliphatic carbocycles. The predicted octanol–water partition coefficient (Wildman–Crippen LogP) is 5.90. The summed E-state index contributed by atoms with van der Waals surface area (Å²) in [7, 11) is -7.98. The van der Waals surface area contributed by atoms with Crippen LogP contribution in [0.2, 0.25) is 5.02 Å². The molecule has 0 fully saturated rings. The fraction of sp³-hybridized carbons (Fsp3) is 0.138. The molecule has 0 spiro atoms. The van der Waals surface area contributed by atoms with E-state index in [0.717, 1.165) is 9.87 Å². The van der Waals surface area contributed by atoms with Crippen LogP contribution in [0.1, 0.15) is 16.7 Å². The number of hydrogen-bond acceptors (Lipinski definition) is 5. The second kappa shape index (κ2) is 11.7. The summed E-state index contributed by atoms with van der Waals surface area (Å²) < 4.78 is 56.5. The highest BCUT2D eigenvalue weighted by molar-refractivity contribution is 7.93. The molecule has 0 aromatic heterocycles. The molecule has 0 saturated carbocycles. The van der Waals surface area contributed by atoms with E-state index in [9.17, 15) is 21.6 Å². The third-order valence-electron chi connectivity index (χ3n) is 6.20. The van der Waals surface area contributed by atoms with Crippen LogP contribution in [0.25, 0.3) is 0 Å². The van der Waals surface area contributed by atoms with Gasteiger partial charge in [-0.25, -0.2) is 16.8 Å². The van der Waals surface area contributed by atoms with Crippen LogP contribution in [0.4, 0.5) is 17.1 Å². The van der Waals surface area contributed by atoms with Gasteiger partial charge in [-0.1, -0.05) is 53.6 Å². The summed E-state index contributed by atoms with van der Waals surface area (Å²) in [5, 5.41) is 3.10. The van der Waals surface area contributed by atoms with Crippen molar-refractivity contribution in [2.24, 2.45) is 0 Å². The Balaban J connectivity index is 1.55. The van der Waals surface area contributed by atoms with Gasteiger partial charge in [0.15, 0.2) is 0 Å². The van der Waals surface area contributed by atoms with Gasteiger partial charge in [0.05, 0.1) is 21.2 Å². The van der Waals surface area contributed by atoms with Gasteiger partial charge in [0, 0.05) is 10.7 Å². The standard InChI is InChI=1S/C29H28ClN3O5S2/c1-20-12-17-28(21(2)18-20)33(40(37,38)25-8-5-4-6-9-25)19-29(34)31-23-13-15-24(16-14-23)39(35,36)32-27-11-7-10-26(30)22(27)3/h4-18,32H,19H2,1-3H3,(H,31,34). The molecule has 1 amide bonds. The topological polar surface area (TPSA) is 113 Å². The summed E-state index contributed by atoms with van der Waals surface area (Å²) in [5.74, 6) is -0.595. The van der Waals surface area contributed by atoms with E-state index < -0.39 is 32.5 Å². The molecule has 0 saturated heterocycles. The van der Waals surface area contributed by atoms with E-state index in [4.69, 9.17) is 11.6 Å². The quantitative estimate of drug-likeness (QED) is 0.249. The molecule has 8 nitrogen and oxygen atoms in total. The van der Waals surface area contributed by atoms with Crippen molar-refractivity contribution >= 4 is 54.6 Å². The molecule has 0 aliphatic heterocycles. The van der Waals surface area contributed by atoms with Crippen molar-refractivity contribution in [2.45, 2.75) is 30.6 Å². The Labute approximate surface area is 239 Å². The zero-order chi connectivity index (χ0) is 29.1. The number of carbonyl (C=O) groups excluding carboxylic acids is 1. The maximum absolute atomic E-state index is 13.6. The minimum absolute atomic E-state index is 0.0200. The van der Waals surface area contributed by atoms with Crippen molar-refractivity contribution in [3.8, 4) is 0 Å². The molecule has 0 atom stereocenters. The maximum atomic E-state index is 13.6. The average Bonchev–Trinajstić information content (AvgIpc) is 2.91. The number of halogens is 1. The molecule has 0 radical (unpaired) electrons. The molecule has 0 unspecified atom stereocenters. The summed E-state index contributed by atoms with van der Waals surface area (Å²) in [5.41, 5.74) is 3.29. The number of nitrogens with zero attached hydrogens (tertiary/aromatic N) is 1. The summed E-state index contributed by atoms with van der Waals surface area (Å²) in [6.45, 7) is 4.90. The van der Waals surface area contributed by atoms with Crippen LogP contribution < -0.4 is 14.3 Å². The zero-order valence-corrected chi connectivity index (χ0v) is 24.4. The fourth-order valence-electron chi connectivity index (χ4n) is 4.07. The molecular formula is C29H28ClN3O5S2. The Kier molecular flexibility index (Phi) is 8.53. The van der Waals surface area contributed by atoms with Crippen LogP contribution in [0.15, 0.2) is 101 Å². The van der Waals surface area contributed by atoms with E-state index >= 15 is 0 Å². The van der Waals surface area contributed by atoms with Crippen LogP contribution in [-0.2, 0) is 24.8 Å². The SMILES string of the molecule is Cc1ccc(N(CC(=O)Nc2ccc(S(=O)(=O)Nc3cccc(Cl)c3C)cc2)S(=O)(=O)c2ccccc2)c(C)c1. The van der Waals surface area contributed by atoms with Gasteiger partial charge in [0.1, 0.15) is 6.54 Å². The molecule has 208 valence electrons. The second-order valence-electron chi connectivity index (χ2n) is 9.21. The minimum atomic E-state index is -4.06. The van der Waals surface area contributed by atoms with E-state index in [1.54, 1.807) is 62.4 Å². The van der Waals surface area contributed by atoms with Crippen molar-refractivity contribution in [3.05, 3.63) is 113 Å². The molecule has 0 bridgehead atoms. The first kappa shape index (κ1) is 29.1. The lowest BCUT2D eigenvalue weighted by Crippen LogP contribution is -2.38. The molecule has 0 aliphatic rings. The third-order valence-corrected chi connectivity index (χ3v) is 9.76. The van der Waals surface area contributed by atoms with Crippen molar-refractivity contribution in [2.75, 3.05) is 20.9 Å². The van der Waals surface area contributed by atoms with Crippen LogP contribution in [0.3, 0.4) is 0 Å². The molecule has 40 heavy (non-hydrogen) atoms. The van der Waals surface area contributed by atoms with E-state index in [-0.39, 0.29) is 9.79 Å². The number of carbonyl (C=O) groups is 1. The molecule has 4 aromatic rings. The molecular weight excluding hydrogens is 570 g/mol. The Hall–Kier alpha value is -3.86. The molecule has 2 N–H and O–H groups in total. The van der Waals surface area contributed by atoms with Crippen molar-refractivity contribution in [1.82, 2.24) is 0 Å². The van der Waals surface area contributed by atoms with Crippen LogP contribution in [-0.4, -0.2) is 29.3 Å². The number of rotatable bonds is 9. The fourth-order valence-corrected chi connectivity index (χ4v) is 6.88. The highest BCUT2D eigenvalue weighted by Crippen LogP contribution is 2.28. The van der Waals surface area contributed by atoms with E-state index in [2.05, 4.69) is 10.0 Å². The first-order valence-corrected chi connectivity index (χ1v) is 15.5. The van der Waals surface area contributed by atoms with Gasteiger partial charge in [0.2, 0.25) is 5.91 Å². The van der Waals surface area contributed by atoms with Crippen molar-refractivity contribution in [1.29, 1.82) is 0 Å². The zero-order valence-electron chi connectivity index (χ0n) is 22.1. The highest BCUT2D eigenvalue weighted by atomic mass is 35.5. The summed E-state index contributed by atoms with van der Waals surface area (Å²) in [6, 6.07) is 23.7.